The monoisotopic (exact) mass is 1310 g/mol. The lowest BCUT2D eigenvalue weighted by atomic mass is 10.0. The molecule has 0 bridgehead atoms. The van der Waals surface area contributed by atoms with E-state index in [1.807, 2.05) is 0 Å². The van der Waals surface area contributed by atoms with Gasteiger partial charge in [0.05, 0.1) is 17.1 Å². The molecule has 486 valence electrons. The van der Waals surface area contributed by atoms with Crippen LogP contribution in [0.25, 0.3) is 33.4 Å². The average Bonchev–Trinajstić information content (AvgIpc) is 0.762. The van der Waals surface area contributed by atoms with Crippen LogP contribution in [-0.2, 0) is 0 Å². The van der Waals surface area contributed by atoms with Gasteiger partial charge in [0.2, 0.25) is 0 Å². The number of hydrogen-bond donors (Lipinski definition) is 0. The average molecular weight is 1310 g/mol. The van der Waals surface area contributed by atoms with Gasteiger partial charge in [-0.2, -0.15) is 0 Å². The van der Waals surface area contributed by atoms with Crippen molar-refractivity contribution in [2.75, 3.05) is 29.4 Å². The van der Waals surface area contributed by atoms with Crippen molar-refractivity contribution in [1.29, 1.82) is 0 Å². The van der Waals surface area contributed by atoms with E-state index in [-0.39, 0.29) is 0 Å². The maximum atomic E-state index is 2.39. The van der Waals surface area contributed by atoms with Crippen molar-refractivity contribution in [3.8, 4) is 33.4 Å². The third kappa shape index (κ3) is 13.7. The summed E-state index contributed by atoms with van der Waals surface area (Å²) in [6.45, 7) is 0. The van der Waals surface area contributed by atoms with Gasteiger partial charge in [-0.15, -0.1) is 0 Å². The molecule has 0 aliphatic heterocycles. The summed E-state index contributed by atoms with van der Waals surface area (Å²) in [6, 6.07) is 156. The molecule has 6 heteroatoms. The van der Waals surface area contributed by atoms with E-state index in [1.54, 1.807) is 0 Å². The second-order valence-electron chi connectivity index (χ2n) is 25.0. The van der Waals surface area contributed by atoms with E-state index in [0.717, 1.165) is 102 Å². The highest BCUT2D eigenvalue weighted by Crippen LogP contribution is 2.49. The fraction of sp³-hybridized carbons (Fsp3) is 0. The van der Waals surface area contributed by atoms with Crippen LogP contribution in [0, 0.1) is 0 Å². The topological polar surface area (TPSA) is 19.4 Å². The predicted molar refractivity (Wildman–Crippen MR) is 431 cm³/mol. The number of rotatable bonds is 21. The van der Waals surface area contributed by atoms with E-state index in [1.165, 1.54) is 33.4 Å². The van der Waals surface area contributed by atoms with Crippen LogP contribution in [0.15, 0.2) is 437 Å². The first-order chi connectivity index (χ1) is 50.6. The quantitative estimate of drug-likeness (QED) is 0.0709. The highest BCUT2D eigenvalue weighted by molar-refractivity contribution is 5.92. The molecule has 0 amide bonds. The summed E-state index contributed by atoms with van der Waals surface area (Å²) in [5.41, 5.74) is 25.4. The molecule has 0 aliphatic carbocycles. The van der Waals surface area contributed by atoms with Crippen molar-refractivity contribution in [2.45, 2.75) is 0 Å². The normalized spacial score (nSPS) is 10.9. The Morgan fingerprint density at radius 1 is 0.0882 bits per heavy atom. The first-order valence-electron chi connectivity index (χ1n) is 34.6. The Morgan fingerprint density at radius 3 is 0.353 bits per heavy atom. The van der Waals surface area contributed by atoms with Gasteiger partial charge in [-0.05, 0) is 234 Å². The second kappa shape index (κ2) is 29.6. The Hall–Kier alpha value is -13.7. The Bertz CT molecular complexity index is 4760. The largest absolute Gasteiger partial charge is 0.311 e. The van der Waals surface area contributed by atoms with E-state index in [0.29, 0.717) is 0 Å². The van der Waals surface area contributed by atoms with Crippen molar-refractivity contribution >= 4 is 102 Å². The molecule has 16 aromatic carbocycles. The minimum absolute atomic E-state index is 0.955. The van der Waals surface area contributed by atoms with Crippen LogP contribution in [0.5, 0.6) is 0 Å². The number of nitrogens with zero attached hydrogens (tertiary/aromatic N) is 6. The highest BCUT2D eigenvalue weighted by Gasteiger charge is 2.25. The fourth-order valence-electron chi connectivity index (χ4n) is 13.7. The number of benzene rings is 16. The minimum Gasteiger partial charge on any atom is -0.311 e. The molecule has 102 heavy (non-hydrogen) atoms. The summed E-state index contributed by atoms with van der Waals surface area (Å²) >= 11 is 0. The van der Waals surface area contributed by atoms with Crippen molar-refractivity contribution in [3.63, 3.8) is 0 Å². The van der Waals surface area contributed by atoms with E-state index in [9.17, 15) is 0 Å². The third-order valence-electron chi connectivity index (χ3n) is 18.5. The maximum absolute atomic E-state index is 2.39. The van der Waals surface area contributed by atoms with Crippen molar-refractivity contribution < 1.29 is 0 Å². The van der Waals surface area contributed by atoms with Crippen molar-refractivity contribution in [2.24, 2.45) is 0 Å². The first kappa shape index (κ1) is 63.1. The molecular formula is C96H72N6. The Balaban J connectivity index is 0.851. The molecule has 0 fully saturated rings. The van der Waals surface area contributed by atoms with Gasteiger partial charge in [-0.3, -0.25) is 0 Å². The van der Waals surface area contributed by atoms with E-state index in [4.69, 9.17) is 0 Å². The van der Waals surface area contributed by atoms with Crippen LogP contribution in [0.1, 0.15) is 0 Å². The van der Waals surface area contributed by atoms with Crippen LogP contribution in [-0.4, -0.2) is 0 Å². The molecule has 16 aromatic rings. The Kier molecular flexibility index (Phi) is 18.3. The van der Waals surface area contributed by atoms with E-state index in [2.05, 4.69) is 466 Å². The van der Waals surface area contributed by atoms with Gasteiger partial charge in [0.15, 0.2) is 0 Å². The molecule has 0 aromatic heterocycles. The first-order valence-corrected chi connectivity index (χ1v) is 34.6. The van der Waals surface area contributed by atoms with Gasteiger partial charge in [-0.25, -0.2) is 0 Å². The van der Waals surface area contributed by atoms with Gasteiger partial charge < -0.3 is 29.4 Å². The lowest BCUT2D eigenvalue weighted by Crippen LogP contribution is -2.17. The minimum atomic E-state index is 0.955. The van der Waals surface area contributed by atoms with Gasteiger partial charge in [-0.1, -0.05) is 237 Å². The zero-order chi connectivity index (χ0) is 68.2. The standard InChI is InChI=1S/C96H72N6/c1-10-28-73(29-11-1)76-46-52-85(53-47-76)97(79-34-16-4-17-35-79)88-58-64-91(65-59-88)100(82-40-22-7-23-41-82)94-70-95(101(83-42-24-8-25-43-83)92-66-60-89(61-67-92)98(80-36-18-5-19-37-80)86-54-48-77(49-55-86)74-30-12-2-13-31-74)72-96(71-94)102(84-44-26-9-27-45-84)93-68-62-90(63-69-93)99(81-38-20-6-21-39-81)87-56-50-78(51-57-87)75-32-14-3-15-33-75/h1-72H. The molecule has 0 radical (unpaired) electrons. The van der Waals surface area contributed by atoms with Crippen LogP contribution < -0.4 is 29.4 Å². The number of para-hydroxylation sites is 6. The molecule has 0 N–H and O–H groups in total. The van der Waals surface area contributed by atoms with Crippen LogP contribution >= 0.6 is 0 Å². The van der Waals surface area contributed by atoms with Gasteiger partial charge in [0.25, 0.3) is 0 Å². The highest BCUT2D eigenvalue weighted by atomic mass is 15.2. The van der Waals surface area contributed by atoms with E-state index >= 15 is 0 Å². The molecule has 0 saturated heterocycles. The van der Waals surface area contributed by atoms with Crippen molar-refractivity contribution in [1.82, 2.24) is 0 Å². The molecule has 0 atom stereocenters. The van der Waals surface area contributed by atoms with Gasteiger partial charge >= 0.3 is 0 Å². The Morgan fingerprint density at radius 2 is 0.196 bits per heavy atom. The van der Waals surface area contributed by atoms with Gasteiger partial charge in [0.1, 0.15) is 0 Å². The lowest BCUT2D eigenvalue weighted by Gasteiger charge is -2.33. The maximum Gasteiger partial charge on any atom is 0.0503 e. The van der Waals surface area contributed by atoms with Crippen molar-refractivity contribution in [3.05, 3.63) is 437 Å². The predicted octanol–water partition coefficient (Wildman–Crippen LogP) is 27.5. The molecule has 0 unspecified atom stereocenters. The summed E-state index contributed by atoms with van der Waals surface area (Å²) in [5.74, 6) is 0. The Labute approximate surface area is 598 Å². The molecule has 0 aliphatic rings. The second-order valence-corrected chi connectivity index (χ2v) is 25.0. The molecular weight excluding hydrogens is 1240 g/mol. The van der Waals surface area contributed by atoms with Crippen LogP contribution in [0.4, 0.5) is 102 Å². The summed E-state index contributed by atoms with van der Waals surface area (Å²) in [7, 11) is 0. The molecule has 6 nitrogen and oxygen atoms in total. The van der Waals surface area contributed by atoms with E-state index < -0.39 is 0 Å². The van der Waals surface area contributed by atoms with Gasteiger partial charge in [0, 0.05) is 85.3 Å². The van der Waals surface area contributed by atoms with Crippen LogP contribution in [0.3, 0.4) is 0 Å². The fourth-order valence-corrected chi connectivity index (χ4v) is 13.7. The smallest absolute Gasteiger partial charge is 0.0503 e. The zero-order valence-electron chi connectivity index (χ0n) is 56.3. The third-order valence-corrected chi connectivity index (χ3v) is 18.5. The summed E-state index contributed by atoms with van der Waals surface area (Å²) in [6.07, 6.45) is 0. The SMILES string of the molecule is c1ccc(-c2ccc(N(c3ccccc3)c3ccc(N(c4ccccc4)c4cc(N(c5ccccc5)c5ccc(N(c6ccccc6)c6ccc(-c7ccccc7)cc6)cc5)cc(N(c5ccccc5)c5ccc(N(c6ccccc6)c6ccc(-c7ccccc7)cc6)cc5)c4)cc3)cc2)cc1. The number of anilines is 18. The summed E-state index contributed by atoms with van der Waals surface area (Å²) in [4.78, 5) is 14.2. The molecule has 0 heterocycles. The van der Waals surface area contributed by atoms with Crippen LogP contribution in [0.2, 0.25) is 0 Å². The molecule has 0 saturated carbocycles. The molecule has 16 rings (SSSR count). The number of hydrogen-bond acceptors (Lipinski definition) is 6. The lowest BCUT2D eigenvalue weighted by molar-refractivity contribution is 1.21. The zero-order valence-corrected chi connectivity index (χ0v) is 56.3. The summed E-state index contributed by atoms with van der Waals surface area (Å²) < 4.78 is 0. The summed E-state index contributed by atoms with van der Waals surface area (Å²) in [5, 5.41) is 0. The molecule has 0 spiro atoms.